The van der Waals surface area contributed by atoms with Crippen LogP contribution >= 0.6 is 0 Å². The molecule has 0 aliphatic carbocycles. The van der Waals surface area contributed by atoms with E-state index in [1.165, 1.54) is 0 Å². The second-order valence-electron chi connectivity index (χ2n) is 7.35. The first-order valence-corrected chi connectivity index (χ1v) is 19.3. The van der Waals surface area contributed by atoms with E-state index >= 15 is 0 Å². The highest BCUT2D eigenvalue weighted by atomic mass is 28.5. The fourth-order valence-corrected chi connectivity index (χ4v) is 25.2. The molecule has 0 N–H and O–H groups in total. The molecule has 2 atom stereocenters. The van der Waals surface area contributed by atoms with Crippen molar-refractivity contribution in [3.05, 3.63) is 0 Å². The van der Waals surface area contributed by atoms with Gasteiger partial charge in [-0.1, -0.05) is 27.7 Å². The van der Waals surface area contributed by atoms with Gasteiger partial charge >= 0.3 is 34.6 Å². The summed E-state index contributed by atoms with van der Waals surface area (Å²) in [5, 5.41) is 0. The van der Waals surface area contributed by atoms with Gasteiger partial charge in [-0.3, -0.25) is 9.13 Å². The second-order valence-corrected chi connectivity index (χ2v) is 21.1. The molecule has 0 bridgehead atoms. The van der Waals surface area contributed by atoms with Crippen molar-refractivity contribution in [3.63, 3.8) is 0 Å². The molecule has 6 nitrogen and oxygen atoms in total. The van der Waals surface area contributed by atoms with Gasteiger partial charge in [0.1, 0.15) is 0 Å². The topological polar surface area (TPSA) is 43.4 Å². The van der Waals surface area contributed by atoms with Crippen molar-refractivity contribution in [2.45, 2.75) is 67.0 Å². The molecular formula is C14H38N2O4Si4. The molecule has 24 heavy (non-hydrogen) atoms. The Balaban J connectivity index is 3.36. The van der Waals surface area contributed by atoms with Crippen LogP contribution in [0.5, 0.6) is 0 Å². The van der Waals surface area contributed by atoms with Gasteiger partial charge < -0.3 is 16.5 Å². The zero-order chi connectivity index (χ0) is 18.8. The van der Waals surface area contributed by atoms with E-state index in [1.807, 2.05) is 0 Å². The largest absolute Gasteiger partial charge is 0.416 e. The Morgan fingerprint density at radius 1 is 0.500 bits per heavy atom. The highest BCUT2D eigenvalue weighted by Gasteiger charge is 2.58. The molecule has 2 unspecified atom stereocenters. The van der Waals surface area contributed by atoms with Crippen molar-refractivity contribution in [1.29, 1.82) is 0 Å². The lowest BCUT2D eigenvalue weighted by Crippen LogP contribution is -2.74. The first-order chi connectivity index (χ1) is 10.9. The van der Waals surface area contributed by atoms with Crippen molar-refractivity contribution in [2.75, 3.05) is 26.2 Å². The lowest BCUT2D eigenvalue weighted by atomic mass is 10.7. The van der Waals surface area contributed by atoms with Crippen LogP contribution in [0.2, 0.25) is 39.3 Å². The SMILES string of the molecule is CCN(CC)[Si]1(C)O[Si](C)(C)O[Si](C)(C)O[Si](C)(N(CC)CC)O1. The van der Waals surface area contributed by atoms with E-state index in [9.17, 15) is 0 Å². The predicted octanol–water partition coefficient (Wildman–Crippen LogP) is 3.29. The number of hydrogen-bond acceptors (Lipinski definition) is 6. The van der Waals surface area contributed by atoms with Crippen LogP contribution in [0, 0.1) is 0 Å². The van der Waals surface area contributed by atoms with E-state index in [4.69, 9.17) is 16.5 Å². The molecule has 0 aromatic rings. The summed E-state index contributed by atoms with van der Waals surface area (Å²) in [5.41, 5.74) is 0. The molecule has 10 heteroatoms. The molecular weight excluding hydrogens is 373 g/mol. The minimum absolute atomic E-state index is 0.910. The normalized spacial score (nSPS) is 33.5. The third-order valence-electron chi connectivity index (χ3n) is 4.42. The Morgan fingerprint density at radius 2 is 0.792 bits per heavy atom. The Morgan fingerprint density at radius 3 is 1.04 bits per heavy atom. The van der Waals surface area contributed by atoms with Crippen LogP contribution in [0.4, 0.5) is 0 Å². The molecule has 0 aromatic heterocycles. The molecule has 1 saturated heterocycles. The standard InChI is InChI=1S/C14H38N2O4Si4/c1-11-15(12-2)23(9)18-21(5,6)17-22(7,8)19-24(10,20-23)16(13-3)14-4/h11-14H2,1-10H3. The zero-order valence-corrected chi connectivity index (χ0v) is 21.4. The van der Waals surface area contributed by atoms with Crippen LogP contribution < -0.4 is 0 Å². The van der Waals surface area contributed by atoms with Crippen molar-refractivity contribution < 1.29 is 16.5 Å². The average molecular weight is 411 g/mol. The summed E-state index contributed by atoms with van der Waals surface area (Å²) in [6.45, 7) is 25.1. The molecule has 1 aliphatic rings. The Bertz CT molecular complexity index is 386. The first kappa shape index (κ1) is 22.7. The van der Waals surface area contributed by atoms with Crippen molar-refractivity contribution >= 4 is 34.6 Å². The van der Waals surface area contributed by atoms with Crippen molar-refractivity contribution in [3.8, 4) is 0 Å². The van der Waals surface area contributed by atoms with Gasteiger partial charge in [0.25, 0.3) is 0 Å². The van der Waals surface area contributed by atoms with E-state index in [1.54, 1.807) is 0 Å². The van der Waals surface area contributed by atoms with E-state index in [0.717, 1.165) is 26.2 Å². The molecule has 1 fully saturated rings. The van der Waals surface area contributed by atoms with Gasteiger partial charge in [-0.2, -0.15) is 0 Å². The monoisotopic (exact) mass is 410 g/mol. The van der Waals surface area contributed by atoms with Crippen molar-refractivity contribution in [2.24, 2.45) is 0 Å². The smallest absolute Gasteiger partial charge is 0.407 e. The lowest BCUT2D eigenvalue weighted by molar-refractivity contribution is 0.152. The number of hydrogen-bond donors (Lipinski definition) is 0. The molecule has 0 amide bonds. The van der Waals surface area contributed by atoms with E-state index in [-0.39, 0.29) is 0 Å². The Hall–Kier alpha value is 0.628. The number of rotatable bonds is 6. The summed E-state index contributed by atoms with van der Waals surface area (Å²) >= 11 is 0. The molecule has 1 heterocycles. The highest BCUT2D eigenvalue weighted by Crippen LogP contribution is 2.33. The predicted molar refractivity (Wildman–Crippen MR) is 108 cm³/mol. The van der Waals surface area contributed by atoms with Crippen LogP contribution in [-0.2, 0) is 16.5 Å². The lowest BCUT2D eigenvalue weighted by Gasteiger charge is -2.52. The van der Waals surface area contributed by atoms with Gasteiger partial charge in [-0.25, -0.2) is 0 Å². The van der Waals surface area contributed by atoms with E-state index in [2.05, 4.69) is 76.1 Å². The molecule has 1 rings (SSSR count). The summed E-state index contributed by atoms with van der Waals surface area (Å²) in [5.74, 6) is 0. The van der Waals surface area contributed by atoms with E-state index in [0.29, 0.717) is 0 Å². The van der Waals surface area contributed by atoms with Crippen molar-refractivity contribution in [1.82, 2.24) is 9.13 Å². The van der Waals surface area contributed by atoms with Crippen LogP contribution in [0.3, 0.4) is 0 Å². The van der Waals surface area contributed by atoms with Gasteiger partial charge in [-0.05, 0) is 65.5 Å². The minimum atomic E-state index is -2.59. The van der Waals surface area contributed by atoms with Gasteiger partial charge in [0.05, 0.1) is 0 Å². The maximum Gasteiger partial charge on any atom is 0.407 e. The van der Waals surface area contributed by atoms with Gasteiger partial charge in [0, 0.05) is 0 Å². The molecule has 1 aliphatic heterocycles. The van der Waals surface area contributed by atoms with Gasteiger partial charge in [-0.15, -0.1) is 0 Å². The van der Waals surface area contributed by atoms with E-state index < -0.39 is 34.6 Å². The fraction of sp³-hybridized carbons (Fsp3) is 1.00. The summed E-state index contributed by atoms with van der Waals surface area (Å²) in [7, 11) is -9.82. The molecule has 0 radical (unpaired) electrons. The minimum Gasteiger partial charge on any atom is -0.416 e. The summed E-state index contributed by atoms with van der Waals surface area (Å²) < 4.78 is 31.5. The van der Waals surface area contributed by atoms with Gasteiger partial charge in [0.15, 0.2) is 0 Å². The van der Waals surface area contributed by atoms with Crippen LogP contribution in [0.1, 0.15) is 27.7 Å². The second kappa shape index (κ2) is 8.11. The zero-order valence-electron chi connectivity index (χ0n) is 17.4. The third-order valence-corrected chi connectivity index (χ3v) is 21.9. The van der Waals surface area contributed by atoms with Gasteiger partial charge in [0.2, 0.25) is 0 Å². The summed E-state index contributed by atoms with van der Waals surface area (Å²) in [4.78, 5) is 0. The Labute approximate surface area is 153 Å². The van der Waals surface area contributed by atoms with Crippen LogP contribution in [0.25, 0.3) is 0 Å². The highest BCUT2D eigenvalue weighted by molar-refractivity contribution is 6.92. The molecule has 144 valence electrons. The Kier molecular flexibility index (Phi) is 7.66. The summed E-state index contributed by atoms with van der Waals surface area (Å²) in [6, 6.07) is 0. The maximum absolute atomic E-state index is 6.90. The summed E-state index contributed by atoms with van der Waals surface area (Å²) in [6.07, 6.45) is 0. The fourth-order valence-electron chi connectivity index (χ4n) is 3.79. The molecule has 0 aromatic carbocycles. The average Bonchev–Trinajstić information content (AvgIpc) is 2.35. The van der Waals surface area contributed by atoms with Crippen LogP contribution in [0.15, 0.2) is 0 Å². The molecule has 0 spiro atoms. The number of nitrogens with zero attached hydrogens (tertiary/aromatic N) is 2. The molecule has 0 saturated carbocycles. The third kappa shape index (κ3) is 5.31. The maximum atomic E-state index is 6.90. The first-order valence-electron chi connectivity index (χ1n) is 9.17. The quantitative estimate of drug-likeness (QED) is 0.626. The van der Waals surface area contributed by atoms with Crippen LogP contribution in [-0.4, -0.2) is 69.9 Å².